The fraction of sp³-hybridized carbons (Fsp3) is 0.600. The van der Waals surface area contributed by atoms with Gasteiger partial charge in [0.25, 0.3) is 0 Å². The topological polar surface area (TPSA) is 49.5 Å². The van der Waals surface area contributed by atoms with Crippen molar-refractivity contribution < 1.29 is 5.11 Å². The van der Waals surface area contributed by atoms with E-state index in [1.54, 1.807) is 0 Å². The molecule has 0 spiro atoms. The lowest BCUT2D eigenvalue weighted by atomic mass is 9.95. The summed E-state index contributed by atoms with van der Waals surface area (Å²) in [5, 5.41) is 9.01. The fourth-order valence-electron chi connectivity index (χ4n) is 2.74. The van der Waals surface area contributed by atoms with Crippen LogP contribution in [0.1, 0.15) is 24.8 Å². The maximum absolute atomic E-state index is 9.01. The van der Waals surface area contributed by atoms with Crippen LogP contribution in [0.4, 0.5) is 5.69 Å². The lowest BCUT2D eigenvalue weighted by Gasteiger charge is -2.32. The lowest BCUT2D eigenvalue weighted by molar-refractivity contribution is 0.149. The van der Waals surface area contributed by atoms with Crippen LogP contribution in [0.25, 0.3) is 0 Å². The average molecular weight is 248 g/mol. The molecule has 1 fully saturated rings. The number of likely N-dealkylation sites (tertiary alicyclic amines) is 1. The first kappa shape index (κ1) is 13.4. The molecule has 1 heterocycles. The molecule has 1 aliphatic rings. The van der Waals surface area contributed by atoms with Crippen molar-refractivity contribution in [2.24, 2.45) is 5.92 Å². The Bertz CT molecular complexity index is 348. The summed E-state index contributed by atoms with van der Waals surface area (Å²) < 4.78 is 0. The van der Waals surface area contributed by atoms with E-state index < -0.39 is 0 Å². The zero-order valence-corrected chi connectivity index (χ0v) is 11.0. The fourth-order valence-corrected chi connectivity index (χ4v) is 2.74. The van der Waals surface area contributed by atoms with Crippen molar-refractivity contribution in [2.45, 2.75) is 25.7 Å². The van der Waals surface area contributed by atoms with Gasteiger partial charge in [-0.3, -0.25) is 0 Å². The normalized spacial score (nSPS) is 21.1. The summed E-state index contributed by atoms with van der Waals surface area (Å²) in [7, 11) is 0. The number of piperidine rings is 1. The summed E-state index contributed by atoms with van der Waals surface area (Å²) in [5.74, 6) is 0.690. The van der Waals surface area contributed by atoms with Crippen molar-refractivity contribution in [3.05, 3.63) is 29.8 Å². The second-order valence-electron chi connectivity index (χ2n) is 5.31. The number of nitrogens with zero attached hydrogens (tertiary/aromatic N) is 1. The molecule has 2 rings (SSSR count). The summed E-state index contributed by atoms with van der Waals surface area (Å²) >= 11 is 0. The number of hydrogen-bond acceptors (Lipinski definition) is 3. The van der Waals surface area contributed by atoms with E-state index in [1.165, 1.54) is 24.9 Å². The number of hydrogen-bond donors (Lipinski definition) is 2. The maximum Gasteiger partial charge on any atom is 0.0434 e. The zero-order valence-electron chi connectivity index (χ0n) is 11.0. The van der Waals surface area contributed by atoms with Crippen molar-refractivity contribution in [1.82, 2.24) is 4.90 Å². The van der Waals surface area contributed by atoms with Gasteiger partial charge in [0.05, 0.1) is 0 Å². The molecule has 1 unspecified atom stereocenters. The highest BCUT2D eigenvalue weighted by molar-refractivity contribution is 5.39. The molecule has 1 aromatic rings. The molecule has 0 radical (unpaired) electrons. The molecule has 3 heteroatoms. The molecule has 3 nitrogen and oxygen atoms in total. The Morgan fingerprint density at radius 2 is 2.06 bits per heavy atom. The molecule has 0 aromatic heterocycles. The molecule has 1 aromatic carbocycles. The molecular formula is C15H24N2O. The number of nitrogens with two attached hydrogens (primary N) is 1. The van der Waals surface area contributed by atoms with Crippen LogP contribution in [0.3, 0.4) is 0 Å². The van der Waals surface area contributed by atoms with E-state index >= 15 is 0 Å². The predicted octanol–water partition coefficient (Wildman–Crippen LogP) is 1.91. The average Bonchev–Trinajstić information content (AvgIpc) is 2.39. The Morgan fingerprint density at radius 3 is 2.78 bits per heavy atom. The molecular weight excluding hydrogens is 224 g/mol. The minimum atomic E-state index is 0.330. The van der Waals surface area contributed by atoms with Gasteiger partial charge in [0, 0.05) is 25.4 Å². The third-order valence-corrected chi connectivity index (χ3v) is 3.84. The molecule has 0 aliphatic carbocycles. The van der Waals surface area contributed by atoms with Gasteiger partial charge in [-0.05, 0) is 55.8 Å². The van der Waals surface area contributed by atoms with E-state index in [1.807, 2.05) is 12.1 Å². The van der Waals surface area contributed by atoms with E-state index in [2.05, 4.69) is 17.0 Å². The number of aliphatic hydroxyl groups excluding tert-OH is 1. The maximum atomic E-state index is 9.01. The van der Waals surface area contributed by atoms with Crippen LogP contribution in [0.15, 0.2) is 24.3 Å². The molecule has 1 atom stereocenters. The summed E-state index contributed by atoms with van der Waals surface area (Å²) in [4.78, 5) is 2.53. The molecule has 0 bridgehead atoms. The number of benzene rings is 1. The van der Waals surface area contributed by atoms with Crippen LogP contribution in [0.5, 0.6) is 0 Å². The second kappa shape index (κ2) is 6.76. The molecule has 0 amide bonds. The predicted molar refractivity (Wildman–Crippen MR) is 75.4 cm³/mol. The molecule has 3 N–H and O–H groups in total. The Balaban J connectivity index is 1.77. The minimum absolute atomic E-state index is 0.330. The lowest BCUT2D eigenvalue weighted by Crippen LogP contribution is -2.37. The number of nitrogen functional groups attached to an aromatic ring is 1. The highest BCUT2D eigenvalue weighted by Crippen LogP contribution is 2.19. The second-order valence-corrected chi connectivity index (χ2v) is 5.31. The molecule has 1 saturated heterocycles. The number of anilines is 1. The van der Waals surface area contributed by atoms with E-state index in [9.17, 15) is 0 Å². The molecule has 1 aliphatic heterocycles. The van der Waals surface area contributed by atoms with Crippen LogP contribution in [-0.2, 0) is 6.42 Å². The van der Waals surface area contributed by atoms with Crippen molar-refractivity contribution >= 4 is 5.69 Å². The van der Waals surface area contributed by atoms with Gasteiger partial charge in [0.15, 0.2) is 0 Å². The highest BCUT2D eigenvalue weighted by atomic mass is 16.3. The molecule has 0 saturated carbocycles. The van der Waals surface area contributed by atoms with E-state index in [-0.39, 0.29) is 0 Å². The third kappa shape index (κ3) is 4.00. The van der Waals surface area contributed by atoms with Crippen LogP contribution in [-0.4, -0.2) is 36.2 Å². The van der Waals surface area contributed by atoms with Gasteiger partial charge < -0.3 is 15.7 Å². The number of rotatable bonds is 5. The molecule has 100 valence electrons. The van der Waals surface area contributed by atoms with Crippen LogP contribution in [0.2, 0.25) is 0 Å². The molecule has 18 heavy (non-hydrogen) atoms. The van der Waals surface area contributed by atoms with Crippen LogP contribution >= 0.6 is 0 Å². The first-order valence-electron chi connectivity index (χ1n) is 6.95. The van der Waals surface area contributed by atoms with Crippen molar-refractivity contribution in [2.75, 3.05) is 32.0 Å². The largest absolute Gasteiger partial charge is 0.399 e. The van der Waals surface area contributed by atoms with Gasteiger partial charge in [-0.2, -0.15) is 0 Å². The van der Waals surface area contributed by atoms with Crippen molar-refractivity contribution in [3.63, 3.8) is 0 Å². The van der Waals surface area contributed by atoms with Gasteiger partial charge in [-0.1, -0.05) is 12.1 Å². The number of aliphatic hydroxyl groups is 1. The standard InChI is InChI=1S/C15H24N2O/c16-15-5-3-13(4-6-15)7-10-17-9-1-2-14(12-17)8-11-18/h3-6,14,18H,1-2,7-12,16H2. The van der Waals surface area contributed by atoms with E-state index in [4.69, 9.17) is 10.8 Å². The van der Waals surface area contributed by atoms with Gasteiger partial charge >= 0.3 is 0 Å². The van der Waals surface area contributed by atoms with Gasteiger partial charge in [0.1, 0.15) is 0 Å². The summed E-state index contributed by atoms with van der Waals surface area (Å²) in [6.07, 6.45) is 4.59. The Kier molecular flexibility index (Phi) is 5.02. The SMILES string of the molecule is Nc1ccc(CCN2CCCC(CCO)C2)cc1. The zero-order chi connectivity index (χ0) is 12.8. The monoisotopic (exact) mass is 248 g/mol. The highest BCUT2D eigenvalue weighted by Gasteiger charge is 2.18. The Hall–Kier alpha value is -1.06. The van der Waals surface area contributed by atoms with Crippen LogP contribution < -0.4 is 5.73 Å². The minimum Gasteiger partial charge on any atom is -0.399 e. The summed E-state index contributed by atoms with van der Waals surface area (Å²) in [5.41, 5.74) is 7.87. The van der Waals surface area contributed by atoms with Crippen molar-refractivity contribution in [1.29, 1.82) is 0 Å². The Morgan fingerprint density at radius 1 is 1.28 bits per heavy atom. The summed E-state index contributed by atoms with van der Waals surface area (Å²) in [6, 6.07) is 8.18. The van der Waals surface area contributed by atoms with Crippen molar-refractivity contribution in [3.8, 4) is 0 Å². The smallest absolute Gasteiger partial charge is 0.0434 e. The van der Waals surface area contributed by atoms with E-state index in [0.717, 1.165) is 31.6 Å². The van der Waals surface area contributed by atoms with Crippen LogP contribution in [0, 0.1) is 5.92 Å². The quantitative estimate of drug-likeness (QED) is 0.783. The summed E-state index contributed by atoms with van der Waals surface area (Å²) in [6.45, 7) is 3.80. The first-order valence-corrected chi connectivity index (χ1v) is 6.95. The van der Waals surface area contributed by atoms with E-state index in [0.29, 0.717) is 12.5 Å². The first-order chi connectivity index (χ1) is 8.78. The van der Waals surface area contributed by atoms with Gasteiger partial charge in [-0.15, -0.1) is 0 Å². The third-order valence-electron chi connectivity index (χ3n) is 3.84. The van der Waals surface area contributed by atoms with Gasteiger partial charge in [-0.25, -0.2) is 0 Å². The Labute approximate surface area is 110 Å². The van der Waals surface area contributed by atoms with Gasteiger partial charge in [0.2, 0.25) is 0 Å².